The summed E-state index contributed by atoms with van der Waals surface area (Å²) in [6.45, 7) is 9.41. The summed E-state index contributed by atoms with van der Waals surface area (Å²) < 4.78 is 63.0. The normalized spacial score (nSPS) is 17.5. The zero-order valence-corrected chi connectivity index (χ0v) is 18.3. The van der Waals surface area contributed by atoms with Gasteiger partial charge in [-0.25, -0.2) is 18.1 Å². The van der Waals surface area contributed by atoms with Crippen LogP contribution in [0.15, 0.2) is 18.2 Å². The first-order valence-electron chi connectivity index (χ1n) is 10.5. The van der Waals surface area contributed by atoms with Gasteiger partial charge >= 0.3 is 6.09 Å². The Hall–Kier alpha value is -1.67. The monoisotopic (exact) mass is 419 g/mol. The molecule has 28 heavy (non-hydrogen) atoms. The van der Waals surface area contributed by atoms with Gasteiger partial charge in [0.1, 0.15) is 23.3 Å². The molecule has 0 heterocycles. The highest BCUT2D eigenvalue weighted by Gasteiger charge is 2.24. The summed E-state index contributed by atoms with van der Waals surface area (Å²) in [7, 11) is -1.72. The molecule has 0 aliphatic rings. The molecule has 0 aliphatic carbocycles. The standard InChI is InChI=1S/C20H33FN2O4S/c1-13(12-22-18(24)27-19(3,4)5)26-17-10-9-15(21)11-16(17)14(2)23-28(25)20(6,7)8/h9-11,13-14,23H,12H2,1-8H3,(H,22,24)/t13-,14-,28+/m0/s1/i2D3. The Kier molecular flexibility index (Phi) is 6.80. The predicted octanol–water partition coefficient (Wildman–Crippen LogP) is 4.23. The molecule has 0 aromatic heterocycles. The number of ether oxygens (including phenoxy) is 2. The lowest BCUT2D eigenvalue weighted by Crippen LogP contribution is -2.38. The molecule has 0 saturated heterocycles. The minimum absolute atomic E-state index is 0.0155. The Labute approximate surface area is 174 Å². The molecule has 0 radical (unpaired) electrons. The Balaban J connectivity index is 3.08. The van der Waals surface area contributed by atoms with E-state index in [9.17, 15) is 13.4 Å². The molecule has 1 aromatic carbocycles. The average Bonchev–Trinajstić information content (AvgIpc) is 2.56. The van der Waals surface area contributed by atoms with E-state index in [1.54, 1.807) is 48.5 Å². The van der Waals surface area contributed by atoms with Gasteiger partial charge in [-0.1, -0.05) is 0 Å². The lowest BCUT2D eigenvalue weighted by atomic mass is 10.1. The van der Waals surface area contributed by atoms with Gasteiger partial charge < -0.3 is 14.8 Å². The van der Waals surface area contributed by atoms with Crippen LogP contribution in [-0.2, 0) is 15.7 Å². The summed E-state index contributed by atoms with van der Waals surface area (Å²) in [6.07, 6.45) is -1.20. The molecule has 0 saturated carbocycles. The van der Waals surface area contributed by atoms with Gasteiger partial charge in [0.25, 0.3) is 0 Å². The Morgan fingerprint density at radius 1 is 1.29 bits per heavy atom. The lowest BCUT2D eigenvalue weighted by Gasteiger charge is -2.25. The molecule has 2 N–H and O–H groups in total. The van der Waals surface area contributed by atoms with Crippen LogP contribution in [0.3, 0.4) is 0 Å². The number of carbonyl (C=O) groups is 1. The van der Waals surface area contributed by atoms with Crippen molar-refractivity contribution < 1.29 is 27.0 Å². The first-order valence-corrected chi connectivity index (χ1v) is 10.2. The maximum Gasteiger partial charge on any atom is 0.407 e. The maximum atomic E-state index is 14.0. The van der Waals surface area contributed by atoms with Crippen molar-refractivity contribution in [1.82, 2.24) is 10.0 Å². The number of amides is 1. The van der Waals surface area contributed by atoms with Gasteiger partial charge in [0.2, 0.25) is 0 Å². The zero-order chi connectivity index (χ0) is 24.2. The van der Waals surface area contributed by atoms with Crippen molar-refractivity contribution >= 4 is 17.1 Å². The summed E-state index contributed by atoms with van der Waals surface area (Å²) in [6, 6.07) is 2.08. The second-order valence-corrected chi connectivity index (χ2v) is 10.4. The van der Waals surface area contributed by atoms with Crippen LogP contribution in [-0.4, -0.2) is 33.3 Å². The van der Waals surface area contributed by atoms with E-state index < -0.39 is 52.2 Å². The Morgan fingerprint density at radius 2 is 1.93 bits per heavy atom. The molecular weight excluding hydrogens is 383 g/mol. The SMILES string of the molecule is [2H]C([2H])([2H])[C@H](N[S@](=O)C(C)(C)C)c1cc(F)ccc1O[C@@H](C)CNC(=O)OC(C)(C)C. The van der Waals surface area contributed by atoms with Crippen molar-refractivity contribution in [3.05, 3.63) is 29.6 Å². The number of hydrogen-bond acceptors (Lipinski definition) is 4. The molecular formula is C20H33FN2O4S. The molecule has 1 rings (SSSR count). The van der Waals surface area contributed by atoms with Gasteiger partial charge in [-0.2, -0.15) is 0 Å². The first-order chi connectivity index (χ1) is 13.9. The van der Waals surface area contributed by atoms with Crippen LogP contribution in [0.4, 0.5) is 9.18 Å². The molecule has 6 nitrogen and oxygen atoms in total. The van der Waals surface area contributed by atoms with E-state index in [0.717, 1.165) is 12.1 Å². The Morgan fingerprint density at radius 3 is 2.46 bits per heavy atom. The van der Waals surface area contributed by atoms with Crippen LogP contribution in [0.1, 0.15) is 71.0 Å². The van der Waals surface area contributed by atoms with Crippen LogP contribution in [0.2, 0.25) is 0 Å². The number of rotatable bonds is 7. The largest absolute Gasteiger partial charge is 0.489 e. The second kappa shape index (κ2) is 9.69. The van der Waals surface area contributed by atoms with E-state index >= 15 is 0 Å². The molecule has 3 atom stereocenters. The molecule has 8 heteroatoms. The number of nitrogens with one attached hydrogen (secondary N) is 2. The quantitative estimate of drug-likeness (QED) is 0.693. The number of carbonyl (C=O) groups excluding carboxylic acids is 1. The number of benzene rings is 1. The minimum atomic E-state index is -2.62. The zero-order valence-electron chi connectivity index (χ0n) is 20.5. The van der Waals surface area contributed by atoms with E-state index in [4.69, 9.17) is 13.6 Å². The van der Waals surface area contributed by atoms with Gasteiger partial charge in [0, 0.05) is 15.7 Å². The smallest absolute Gasteiger partial charge is 0.407 e. The fourth-order valence-corrected chi connectivity index (χ4v) is 2.69. The van der Waals surface area contributed by atoms with Crippen molar-refractivity contribution in [1.29, 1.82) is 0 Å². The maximum absolute atomic E-state index is 14.0. The van der Waals surface area contributed by atoms with Crippen LogP contribution >= 0.6 is 0 Å². The van der Waals surface area contributed by atoms with E-state index in [-0.39, 0.29) is 17.9 Å². The fraction of sp³-hybridized carbons (Fsp3) is 0.650. The highest BCUT2D eigenvalue weighted by molar-refractivity contribution is 7.84. The van der Waals surface area contributed by atoms with E-state index in [1.165, 1.54) is 6.07 Å². The highest BCUT2D eigenvalue weighted by atomic mass is 32.2. The number of alkyl carbamates (subject to hydrolysis) is 1. The van der Waals surface area contributed by atoms with Gasteiger partial charge in [0.15, 0.2) is 0 Å². The molecule has 1 amide bonds. The van der Waals surface area contributed by atoms with Crippen molar-refractivity contribution in [3.8, 4) is 5.75 Å². The molecule has 0 aliphatic heterocycles. The van der Waals surface area contributed by atoms with Crippen molar-refractivity contribution in [2.75, 3.05) is 6.54 Å². The summed E-state index contributed by atoms with van der Waals surface area (Å²) in [5.41, 5.74) is -0.638. The van der Waals surface area contributed by atoms with Gasteiger partial charge in [-0.15, -0.1) is 0 Å². The Bertz CT molecular complexity index is 792. The van der Waals surface area contributed by atoms with E-state index in [0.29, 0.717) is 0 Å². The van der Waals surface area contributed by atoms with E-state index in [1.807, 2.05) is 0 Å². The van der Waals surface area contributed by atoms with Gasteiger partial charge in [0.05, 0.1) is 22.3 Å². The second-order valence-electron chi connectivity index (χ2n) is 8.43. The van der Waals surface area contributed by atoms with Crippen LogP contribution < -0.4 is 14.8 Å². The first kappa shape index (κ1) is 19.6. The lowest BCUT2D eigenvalue weighted by molar-refractivity contribution is 0.0504. The number of hydrogen-bond donors (Lipinski definition) is 2. The topological polar surface area (TPSA) is 76.7 Å². The van der Waals surface area contributed by atoms with Gasteiger partial charge in [-0.3, -0.25) is 0 Å². The predicted molar refractivity (Wildman–Crippen MR) is 110 cm³/mol. The third-order valence-corrected chi connectivity index (χ3v) is 4.89. The summed E-state index contributed by atoms with van der Waals surface area (Å²) in [5, 5.41) is 2.57. The van der Waals surface area contributed by atoms with E-state index in [2.05, 4.69) is 10.0 Å². The summed E-state index contributed by atoms with van der Waals surface area (Å²) in [4.78, 5) is 11.8. The number of halogens is 1. The third kappa shape index (κ3) is 8.56. The summed E-state index contributed by atoms with van der Waals surface area (Å²) >= 11 is 0. The molecule has 0 bridgehead atoms. The van der Waals surface area contributed by atoms with Crippen LogP contribution in [0.5, 0.6) is 5.75 Å². The molecule has 0 unspecified atom stereocenters. The van der Waals surface area contributed by atoms with Crippen LogP contribution in [0, 0.1) is 5.82 Å². The van der Waals surface area contributed by atoms with Crippen molar-refractivity contribution in [3.63, 3.8) is 0 Å². The average molecular weight is 420 g/mol. The molecule has 0 fully saturated rings. The fourth-order valence-electron chi connectivity index (χ4n) is 2.00. The molecule has 1 aromatic rings. The molecule has 0 spiro atoms. The molecule has 160 valence electrons. The summed E-state index contributed by atoms with van der Waals surface area (Å²) in [5.74, 6) is -0.543. The van der Waals surface area contributed by atoms with Gasteiger partial charge in [-0.05, 0) is 73.5 Å². The van der Waals surface area contributed by atoms with Crippen LogP contribution in [0.25, 0.3) is 0 Å². The van der Waals surface area contributed by atoms with Crippen molar-refractivity contribution in [2.45, 2.75) is 77.8 Å². The highest BCUT2D eigenvalue weighted by Crippen LogP contribution is 2.28. The third-order valence-electron chi connectivity index (χ3n) is 3.32. The van der Waals surface area contributed by atoms with Crippen molar-refractivity contribution in [2.24, 2.45) is 0 Å². The minimum Gasteiger partial charge on any atom is -0.489 e.